The summed E-state index contributed by atoms with van der Waals surface area (Å²) in [5.74, 6) is 1.50. The van der Waals surface area contributed by atoms with E-state index >= 15 is 0 Å². The van der Waals surface area contributed by atoms with E-state index in [1.807, 2.05) is 30.5 Å². The minimum Gasteiger partial charge on any atom is -1.00 e. The standard InChI is InChI=1S/C23H24FN2O.BrH/c1-16(2)17-5-7-19(8-6-17)22(27)15-25-14-21(26-13-3-4-23(25)26)18-9-11-20(24)12-10-18;/h5-12,14,16H,3-4,13,15H2,1-2H3;1H/q+1;/p-1. The van der Waals surface area contributed by atoms with Crippen molar-refractivity contribution in [3.63, 3.8) is 0 Å². The number of aromatic nitrogens is 2. The van der Waals surface area contributed by atoms with Gasteiger partial charge in [0.2, 0.25) is 5.78 Å². The lowest BCUT2D eigenvalue weighted by molar-refractivity contribution is -0.689. The fourth-order valence-corrected chi connectivity index (χ4v) is 3.80. The van der Waals surface area contributed by atoms with Crippen LogP contribution in [0.15, 0.2) is 54.7 Å². The van der Waals surface area contributed by atoms with Gasteiger partial charge in [-0.05, 0) is 42.2 Å². The van der Waals surface area contributed by atoms with Crippen LogP contribution in [0.5, 0.6) is 0 Å². The molecule has 1 aromatic heterocycles. The summed E-state index contributed by atoms with van der Waals surface area (Å²) in [7, 11) is 0. The Hall–Kier alpha value is -2.27. The highest BCUT2D eigenvalue weighted by Gasteiger charge is 2.29. The van der Waals surface area contributed by atoms with E-state index in [9.17, 15) is 9.18 Å². The molecule has 1 aliphatic rings. The monoisotopic (exact) mass is 442 g/mol. The van der Waals surface area contributed by atoms with E-state index in [-0.39, 0.29) is 28.6 Å². The minimum atomic E-state index is -0.236. The SMILES string of the molecule is CC(C)c1ccc(C(=O)C[n+]2cc(-c3ccc(F)cc3)n3c2CCC3)cc1.[Br-]. The summed E-state index contributed by atoms with van der Waals surface area (Å²) in [6, 6.07) is 14.5. The molecule has 0 aliphatic carbocycles. The van der Waals surface area contributed by atoms with Crippen LogP contribution in [-0.4, -0.2) is 10.4 Å². The second kappa shape index (κ2) is 8.39. The maximum absolute atomic E-state index is 13.3. The van der Waals surface area contributed by atoms with Crippen molar-refractivity contribution in [1.29, 1.82) is 0 Å². The Balaban J connectivity index is 0.00000225. The first kappa shape index (κ1) is 20.5. The molecule has 0 N–H and O–H groups in total. The molecule has 0 atom stereocenters. The third-order valence-electron chi connectivity index (χ3n) is 5.35. The number of carbonyl (C=O) groups is 1. The quantitative estimate of drug-likeness (QED) is 0.434. The summed E-state index contributed by atoms with van der Waals surface area (Å²) in [5.41, 5.74) is 4.01. The molecule has 0 saturated heterocycles. The van der Waals surface area contributed by atoms with E-state index in [4.69, 9.17) is 0 Å². The molecule has 2 aromatic carbocycles. The summed E-state index contributed by atoms with van der Waals surface area (Å²) < 4.78 is 17.6. The Morgan fingerprint density at radius 2 is 1.79 bits per heavy atom. The Kier molecular flexibility index (Phi) is 6.14. The van der Waals surface area contributed by atoms with Gasteiger partial charge in [-0.25, -0.2) is 13.5 Å². The Morgan fingerprint density at radius 1 is 1.11 bits per heavy atom. The molecule has 0 bridgehead atoms. The van der Waals surface area contributed by atoms with Gasteiger partial charge in [-0.3, -0.25) is 4.79 Å². The van der Waals surface area contributed by atoms with Crippen LogP contribution in [0.4, 0.5) is 4.39 Å². The zero-order valence-corrected chi connectivity index (χ0v) is 17.7. The van der Waals surface area contributed by atoms with Crippen molar-refractivity contribution in [3.05, 3.63) is 77.5 Å². The van der Waals surface area contributed by atoms with Crippen molar-refractivity contribution in [3.8, 4) is 11.3 Å². The van der Waals surface area contributed by atoms with Crippen LogP contribution >= 0.6 is 0 Å². The normalized spacial score (nSPS) is 12.7. The number of benzene rings is 2. The number of carbonyl (C=O) groups excluding carboxylic acids is 1. The average Bonchev–Trinajstić information content (AvgIpc) is 3.26. The van der Waals surface area contributed by atoms with Crippen LogP contribution in [0, 0.1) is 5.82 Å². The van der Waals surface area contributed by atoms with E-state index in [0.29, 0.717) is 12.5 Å². The third-order valence-corrected chi connectivity index (χ3v) is 5.35. The van der Waals surface area contributed by atoms with Crippen molar-refractivity contribution in [2.45, 2.75) is 45.7 Å². The molecule has 0 amide bonds. The highest BCUT2D eigenvalue weighted by molar-refractivity contribution is 5.95. The van der Waals surface area contributed by atoms with Crippen molar-refractivity contribution < 1.29 is 30.7 Å². The molecule has 2 heterocycles. The van der Waals surface area contributed by atoms with Gasteiger partial charge in [0.15, 0.2) is 12.2 Å². The molecule has 3 nitrogen and oxygen atoms in total. The van der Waals surface area contributed by atoms with Crippen LogP contribution in [0.3, 0.4) is 0 Å². The molecule has 5 heteroatoms. The van der Waals surface area contributed by atoms with Gasteiger partial charge in [-0.2, -0.15) is 0 Å². The highest BCUT2D eigenvalue weighted by atomic mass is 79.9. The molecule has 0 spiro atoms. The van der Waals surface area contributed by atoms with Crippen LogP contribution in [-0.2, 0) is 19.5 Å². The van der Waals surface area contributed by atoms with Crippen LogP contribution in [0.1, 0.15) is 47.9 Å². The fraction of sp³-hybridized carbons (Fsp3) is 0.304. The van der Waals surface area contributed by atoms with Gasteiger partial charge in [0.25, 0.3) is 5.82 Å². The molecular weight excluding hydrogens is 419 g/mol. The number of hydrogen-bond acceptors (Lipinski definition) is 1. The summed E-state index contributed by atoms with van der Waals surface area (Å²) in [6.45, 7) is 5.56. The van der Waals surface area contributed by atoms with Gasteiger partial charge < -0.3 is 17.0 Å². The maximum atomic E-state index is 13.3. The van der Waals surface area contributed by atoms with Crippen LogP contribution in [0.2, 0.25) is 0 Å². The van der Waals surface area contributed by atoms with Crippen LogP contribution in [0.25, 0.3) is 11.3 Å². The smallest absolute Gasteiger partial charge is 0.257 e. The molecule has 0 fully saturated rings. The topological polar surface area (TPSA) is 25.9 Å². The van der Waals surface area contributed by atoms with Crippen molar-refractivity contribution in [2.75, 3.05) is 0 Å². The molecule has 0 unspecified atom stereocenters. The fourth-order valence-electron chi connectivity index (χ4n) is 3.80. The molecule has 0 radical (unpaired) electrons. The second-order valence-corrected chi connectivity index (χ2v) is 7.52. The number of ketones is 1. The Bertz CT molecular complexity index is 975. The maximum Gasteiger partial charge on any atom is 0.257 e. The highest BCUT2D eigenvalue weighted by Crippen LogP contribution is 2.25. The zero-order valence-electron chi connectivity index (χ0n) is 16.2. The first-order chi connectivity index (χ1) is 13.0. The predicted molar refractivity (Wildman–Crippen MR) is 103 cm³/mol. The van der Waals surface area contributed by atoms with Crippen molar-refractivity contribution >= 4 is 5.78 Å². The molecular formula is C23H24BrFN2O. The number of nitrogens with zero attached hydrogens (tertiary/aromatic N) is 2. The molecule has 3 aromatic rings. The number of halogens is 2. The molecule has 4 rings (SSSR count). The van der Waals surface area contributed by atoms with Gasteiger partial charge in [0, 0.05) is 11.1 Å². The number of Topliss-reactive ketones (excluding diaryl/α,β-unsaturated/α-hetero) is 1. The van der Waals surface area contributed by atoms with E-state index in [0.717, 1.165) is 36.2 Å². The lowest BCUT2D eigenvalue weighted by Gasteiger charge is -2.06. The first-order valence-corrected chi connectivity index (χ1v) is 9.54. The number of imidazole rings is 1. The van der Waals surface area contributed by atoms with Crippen LogP contribution < -0.4 is 21.5 Å². The van der Waals surface area contributed by atoms with Gasteiger partial charge in [-0.1, -0.05) is 38.1 Å². The molecule has 0 saturated carbocycles. The van der Waals surface area contributed by atoms with Gasteiger partial charge in [0.1, 0.15) is 12.0 Å². The predicted octanol–water partition coefficient (Wildman–Crippen LogP) is 1.54. The van der Waals surface area contributed by atoms with E-state index < -0.39 is 0 Å². The minimum absolute atomic E-state index is 0. The number of hydrogen-bond donors (Lipinski definition) is 0. The lowest BCUT2D eigenvalue weighted by atomic mass is 10.0. The van der Waals surface area contributed by atoms with E-state index in [2.05, 4.69) is 23.0 Å². The lowest BCUT2D eigenvalue weighted by Crippen LogP contribution is -3.00. The number of fused-ring (bicyclic) bond motifs is 1. The molecule has 28 heavy (non-hydrogen) atoms. The average molecular weight is 443 g/mol. The summed E-state index contributed by atoms with van der Waals surface area (Å²) in [4.78, 5) is 12.8. The van der Waals surface area contributed by atoms with Crippen molar-refractivity contribution in [1.82, 2.24) is 4.57 Å². The summed E-state index contributed by atoms with van der Waals surface area (Å²) in [6.07, 6.45) is 4.06. The Morgan fingerprint density at radius 3 is 2.43 bits per heavy atom. The molecule has 146 valence electrons. The Labute approximate surface area is 175 Å². The summed E-state index contributed by atoms with van der Waals surface area (Å²) in [5, 5.41) is 0. The van der Waals surface area contributed by atoms with E-state index in [1.54, 1.807) is 12.1 Å². The second-order valence-electron chi connectivity index (χ2n) is 7.52. The largest absolute Gasteiger partial charge is 1.00 e. The molecule has 1 aliphatic heterocycles. The number of rotatable bonds is 5. The third kappa shape index (κ3) is 3.95. The van der Waals surface area contributed by atoms with Gasteiger partial charge in [0.05, 0.1) is 13.0 Å². The van der Waals surface area contributed by atoms with E-state index in [1.165, 1.54) is 23.5 Å². The first-order valence-electron chi connectivity index (χ1n) is 9.54. The van der Waals surface area contributed by atoms with Gasteiger partial charge in [-0.15, -0.1) is 0 Å². The zero-order chi connectivity index (χ0) is 19.0. The van der Waals surface area contributed by atoms with Gasteiger partial charge >= 0.3 is 0 Å². The summed E-state index contributed by atoms with van der Waals surface area (Å²) >= 11 is 0. The van der Waals surface area contributed by atoms with Crippen molar-refractivity contribution in [2.24, 2.45) is 0 Å².